The molecule has 0 N–H and O–H groups in total. The van der Waals surface area contributed by atoms with Gasteiger partial charge in [0.15, 0.2) is 0 Å². The van der Waals surface area contributed by atoms with Crippen LogP contribution in [0.2, 0.25) is 0 Å². The molecular formula is C10H15BrN2O2S. The molecule has 0 spiro atoms. The van der Waals surface area contributed by atoms with Crippen molar-refractivity contribution in [2.75, 3.05) is 13.1 Å². The van der Waals surface area contributed by atoms with Gasteiger partial charge in [-0.05, 0) is 42.7 Å². The zero-order chi connectivity index (χ0) is 11.9. The summed E-state index contributed by atoms with van der Waals surface area (Å²) in [4.78, 5) is 6.33. The van der Waals surface area contributed by atoms with Gasteiger partial charge in [0.25, 0.3) is 0 Å². The van der Waals surface area contributed by atoms with Gasteiger partial charge in [-0.2, -0.15) is 0 Å². The maximum absolute atomic E-state index is 11.9. The van der Waals surface area contributed by atoms with Crippen LogP contribution in [0.25, 0.3) is 0 Å². The van der Waals surface area contributed by atoms with E-state index in [-0.39, 0.29) is 9.73 Å². The van der Waals surface area contributed by atoms with E-state index in [2.05, 4.69) is 39.7 Å². The molecule has 2 rings (SSSR count). The van der Waals surface area contributed by atoms with Gasteiger partial charge in [-0.3, -0.25) is 0 Å². The van der Waals surface area contributed by atoms with Crippen molar-refractivity contribution in [2.24, 2.45) is 10.9 Å². The number of halogens is 1. The molecule has 0 bridgehead atoms. The first-order valence-corrected chi connectivity index (χ1v) is 7.63. The van der Waals surface area contributed by atoms with Crippen LogP contribution in [0.1, 0.15) is 20.3 Å². The fraction of sp³-hybridized carbons (Fsp3) is 0.700. The minimum atomic E-state index is -3.30. The van der Waals surface area contributed by atoms with Crippen molar-refractivity contribution in [1.82, 2.24) is 4.90 Å². The van der Waals surface area contributed by atoms with Crippen molar-refractivity contribution in [3.05, 3.63) is 10.0 Å². The van der Waals surface area contributed by atoms with Gasteiger partial charge in [0.05, 0.1) is 6.20 Å². The summed E-state index contributed by atoms with van der Waals surface area (Å²) in [5.74, 6) is 0.0544. The van der Waals surface area contributed by atoms with Crippen molar-refractivity contribution in [3.8, 4) is 0 Å². The smallest absolute Gasteiger partial charge is 0.228 e. The topological polar surface area (TPSA) is 49.7 Å². The van der Waals surface area contributed by atoms with Crippen molar-refractivity contribution in [3.63, 3.8) is 0 Å². The van der Waals surface area contributed by atoms with Crippen molar-refractivity contribution in [1.29, 1.82) is 0 Å². The first-order valence-electron chi connectivity index (χ1n) is 5.35. The SMILES string of the molecule is CC(C)N1CCC(C2=NC=C(Br)S2(=O)=O)C1. The maximum Gasteiger partial charge on any atom is 0.228 e. The second-order valence-corrected chi connectivity index (χ2v) is 7.72. The van der Waals surface area contributed by atoms with Gasteiger partial charge in [0, 0.05) is 18.5 Å². The number of nitrogens with zero attached hydrogens (tertiary/aromatic N) is 2. The fourth-order valence-corrected chi connectivity index (χ4v) is 3.95. The quantitative estimate of drug-likeness (QED) is 0.781. The van der Waals surface area contributed by atoms with E-state index in [9.17, 15) is 8.42 Å². The lowest BCUT2D eigenvalue weighted by atomic mass is 10.1. The molecule has 0 aromatic rings. The zero-order valence-corrected chi connectivity index (χ0v) is 11.8. The van der Waals surface area contributed by atoms with Gasteiger partial charge in [-0.25, -0.2) is 13.4 Å². The molecule has 0 aromatic carbocycles. The van der Waals surface area contributed by atoms with E-state index in [1.54, 1.807) is 0 Å². The highest BCUT2D eigenvalue weighted by Crippen LogP contribution is 2.30. The Morgan fingerprint density at radius 2 is 2.25 bits per heavy atom. The van der Waals surface area contributed by atoms with Crippen LogP contribution >= 0.6 is 15.9 Å². The molecule has 0 aromatic heterocycles. The van der Waals surface area contributed by atoms with E-state index >= 15 is 0 Å². The molecule has 16 heavy (non-hydrogen) atoms. The van der Waals surface area contributed by atoms with Crippen LogP contribution in [0.15, 0.2) is 15.0 Å². The van der Waals surface area contributed by atoms with E-state index in [4.69, 9.17) is 0 Å². The maximum atomic E-state index is 11.9. The average Bonchev–Trinajstić information content (AvgIpc) is 2.74. The summed E-state index contributed by atoms with van der Waals surface area (Å²) in [5.41, 5.74) is 0. The van der Waals surface area contributed by atoms with Crippen molar-refractivity contribution >= 4 is 30.8 Å². The van der Waals surface area contributed by atoms with Crippen LogP contribution in [-0.4, -0.2) is 37.5 Å². The van der Waals surface area contributed by atoms with Crippen LogP contribution in [0.5, 0.6) is 0 Å². The molecular weight excluding hydrogens is 292 g/mol. The number of hydrogen-bond acceptors (Lipinski definition) is 4. The molecule has 4 nitrogen and oxygen atoms in total. The summed E-state index contributed by atoms with van der Waals surface area (Å²) in [5, 5.41) is 0.336. The molecule has 0 amide bonds. The van der Waals surface area contributed by atoms with Gasteiger partial charge < -0.3 is 4.90 Å². The molecule has 1 atom stereocenters. The summed E-state index contributed by atoms with van der Waals surface area (Å²) in [6, 6.07) is 0.464. The van der Waals surface area contributed by atoms with E-state index in [1.165, 1.54) is 6.20 Å². The molecule has 90 valence electrons. The Morgan fingerprint density at radius 3 is 2.69 bits per heavy atom. The van der Waals surface area contributed by atoms with E-state index in [1.807, 2.05) is 0 Å². The van der Waals surface area contributed by atoms with Crippen LogP contribution in [0.4, 0.5) is 0 Å². The van der Waals surface area contributed by atoms with Crippen LogP contribution in [0, 0.1) is 5.92 Å². The number of rotatable bonds is 2. The van der Waals surface area contributed by atoms with Crippen LogP contribution in [0.3, 0.4) is 0 Å². The molecule has 2 aliphatic heterocycles. The van der Waals surface area contributed by atoms with Gasteiger partial charge in [0.2, 0.25) is 9.84 Å². The first kappa shape index (κ1) is 12.3. The van der Waals surface area contributed by atoms with Gasteiger partial charge in [-0.1, -0.05) is 0 Å². The Bertz CT molecular complexity index is 453. The van der Waals surface area contributed by atoms with Gasteiger partial charge in [0.1, 0.15) is 8.86 Å². The lowest BCUT2D eigenvalue weighted by Crippen LogP contribution is -2.30. The summed E-state index contributed by atoms with van der Waals surface area (Å²) < 4.78 is 24.0. The van der Waals surface area contributed by atoms with E-state index in [0.29, 0.717) is 11.1 Å². The number of aliphatic imine (C=N–C) groups is 1. The zero-order valence-electron chi connectivity index (χ0n) is 9.35. The molecule has 1 unspecified atom stereocenters. The Balaban J connectivity index is 2.14. The monoisotopic (exact) mass is 306 g/mol. The normalized spacial score (nSPS) is 29.6. The molecule has 0 radical (unpaired) electrons. The minimum Gasteiger partial charge on any atom is -0.300 e. The number of likely N-dealkylation sites (tertiary alicyclic amines) is 1. The highest BCUT2D eigenvalue weighted by Gasteiger charge is 2.38. The van der Waals surface area contributed by atoms with Crippen molar-refractivity contribution in [2.45, 2.75) is 26.3 Å². The lowest BCUT2D eigenvalue weighted by molar-refractivity contribution is 0.272. The van der Waals surface area contributed by atoms with Gasteiger partial charge >= 0.3 is 0 Å². The highest BCUT2D eigenvalue weighted by atomic mass is 79.9. The van der Waals surface area contributed by atoms with E-state index in [0.717, 1.165) is 19.5 Å². The third-order valence-corrected chi connectivity index (χ3v) is 6.22. The van der Waals surface area contributed by atoms with Crippen LogP contribution < -0.4 is 0 Å². The Hall–Kier alpha value is -0.200. The standard InChI is InChI=1S/C10H15BrN2O2S/c1-7(2)13-4-3-8(6-13)10-12-5-9(11)16(10,14)15/h5,7-8H,3-4,6H2,1-2H3. The molecule has 2 aliphatic rings. The summed E-state index contributed by atoms with van der Waals surface area (Å²) in [6.07, 6.45) is 2.27. The van der Waals surface area contributed by atoms with E-state index < -0.39 is 9.84 Å². The van der Waals surface area contributed by atoms with Crippen molar-refractivity contribution < 1.29 is 8.42 Å². The number of hydrogen-bond donors (Lipinski definition) is 0. The molecule has 1 fully saturated rings. The Morgan fingerprint density at radius 1 is 1.56 bits per heavy atom. The predicted octanol–water partition coefficient (Wildman–Crippen LogP) is 1.74. The third kappa shape index (κ3) is 1.98. The summed E-state index contributed by atoms with van der Waals surface area (Å²) in [7, 11) is -3.30. The highest BCUT2D eigenvalue weighted by molar-refractivity contribution is 9.14. The largest absolute Gasteiger partial charge is 0.300 e. The predicted molar refractivity (Wildman–Crippen MR) is 68.2 cm³/mol. The fourth-order valence-electron chi connectivity index (χ4n) is 2.14. The minimum absolute atomic E-state index is 0.0544. The number of sulfone groups is 1. The average molecular weight is 307 g/mol. The van der Waals surface area contributed by atoms with Crippen LogP contribution in [-0.2, 0) is 9.84 Å². The summed E-state index contributed by atoms with van der Waals surface area (Å²) >= 11 is 3.04. The first-order chi connectivity index (χ1) is 7.43. The molecule has 6 heteroatoms. The van der Waals surface area contributed by atoms with Gasteiger partial charge in [-0.15, -0.1) is 0 Å². The molecule has 0 aliphatic carbocycles. The lowest BCUT2D eigenvalue weighted by Gasteiger charge is -2.20. The third-order valence-electron chi connectivity index (χ3n) is 3.12. The molecule has 1 saturated heterocycles. The molecule has 2 heterocycles. The second kappa shape index (κ2) is 4.23. The molecule has 0 saturated carbocycles. The Kier molecular flexibility index (Phi) is 3.25. The Labute approximate surface area is 104 Å². The second-order valence-electron chi connectivity index (χ2n) is 4.48. The summed E-state index contributed by atoms with van der Waals surface area (Å²) in [6.45, 7) is 6.00.